The molecule has 1 N–H and O–H groups in total. The molecule has 0 atom stereocenters. The van der Waals surface area contributed by atoms with Gasteiger partial charge in [0.05, 0.1) is 18.1 Å². The number of halogens is 1. The average Bonchev–Trinajstić information content (AvgIpc) is 3.03. The topological polar surface area (TPSA) is 29.9 Å². The van der Waals surface area contributed by atoms with Gasteiger partial charge in [-0.05, 0) is 30.1 Å². The highest BCUT2D eigenvalue weighted by molar-refractivity contribution is 7.71. The van der Waals surface area contributed by atoms with Gasteiger partial charge in [-0.3, -0.25) is 0 Å². The lowest BCUT2D eigenvalue weighted by molar-refractivity contribution is 0.387. The molecular formula is C14H13FN2OS2. The predicted molar refractivity (Wildman–Crippen MR) is 81.7 cm³/mol. The van der Waals surface area contributed by atoms with E-state index in [1.807, 2.05) is 10.6 Å². The van der Waals surface area contributed by atoms with E-state index in [1.54, 1.807) is 17.4 Å². The Morgan fingerprint density at radius 2 is 2.30 bits per heavy atom. The molecule has 104 valence electrons. The monoisotopic (exact) mass is 308 g/mol. The summed E-state index contributed by atoms with van der Waals surface area (Å²) in [6.07, 6.45) is 0.901. The Morgan fingerprint density at radius 3 is 3.00 bits per heavy atom. The largest absolute Gasteiger partial charge is 0.494 e. The van der Waals surface area contributed by atoms with Crippen LogP contribution in [0.5, 0.6) is 5.75 Å². The Kier molecular flexibility index (Phi) is 3.58. The highest BCUT2D eigenvalue weighted by Gasteiger charge is 2.10. The van der Waals surface area contributed by atoms with Crippen LogP contribution in [0.2, 0.25) is 0 Å². The molecule has 0 aliphatic heterocycles. The number of benzene rings is 1. The average molecular weight is 308 g/mol. The molecule has 0 spiro atoms. The fourth-order valence-electron chi connectivity index (χ4n) is 2.21. The minimum absolute atomic E-state index is 0.233. The Bertz CT molecular complexity index is 789. The molecule has 0 bridgehead atoms. The molecule has 20 heavy (non-hydrogen) atoms. The number of rotatable bonds is 4. The number of H-pyrrole nitrogens is 1. The molecule has 0 saturated carbocycles. The van der Waals surface area contributed by atoms with Crippen LogP contribution in [0.3, 0.4) is 0 Å². The summed E-state index contributed by atoms with van der Waals surface area (Å²) in [6, 6.07) is 7.24. The van der Waals surface area contributed by atoms with Crippen molar-refractivity contribution in [3.63, 3.8) is 0 Å². The van der Waals surface area contributed by atoms with E-state index in [9.17, 15) is 4.39 Å². The van der Waals surface area contributed by atoms with E-state index in [2.05, 4.69) is 16.4 Å². The SMILES string of the molecule is COc1cc2c(cc1F)[nH]c(=S)n2CCc1cccs1. The van der Waals surface area contributed by atoms with Crippen molar-refractivity contribution < 1.29 is 9.13 Å². The molecule has 0 unspecified atom stereocenters. The second kappa shape index (κ2) is 5.38. The van der Waals surface area contributed by atoms with E-state index in [-0.39, 0.29) is 11.6 Å². The number of aromatic nitrogens is 2. The molecule has 6 heteroatoms. The van der Waals surface area contributed by atoms with Gasteiger partial charge in [0.15, 0.2) is 16.3 Å². The first-order chi connectivity index (χ1) is 9.69. The van der Waals surface area contributed by atoms with Crippen LogP contribution in [0, 0.1) is 10.6 Å². The molecule has 0 amide bonds. The fourth-order valence-corrected chi connectivity index (χ4v) is 3.21. The number of aryl methyl sites for hydroxylation is 2. The van der Waals surface area contributed by atoms with Crippen LogP contribution in [-0.2, 0) is 13.0 Å². The van der Waals surface area contributed by atoms with E-state index in [0.29, 0.717) is 10.3 Å². The Labute approximate surface area is 124 Å². The lowest BCUT2D eigenvalue weighted by Crippen LogP contribution is -2.00. The van der Waals surface area contributed by atoms with Gasteiger partial charge in [0.2, 0.25) is 0 Å². The number of nitrogens with zero attached hydrogens (tertiary/aromatic N) is 1. The highest BCUT2D eigenvalue weighted by atomic mass is 32.1. The van der Waals surface area contributed by atoms with Crippen LogP contribution in [0.15, 0.2) is 29.6 Å². The van der Waals surface area contributed by atoms with Gasteiger partial charge in [-0.25, -0.2) is 4.39 Å². The third kappa shape index (κ3) is 2.36. The van der Waals surface area contributed by atoms with Crippen molar-refractivity contribution in [1.29, 1.82) is 0 Å². The molecule has 0 aliphatic rings. The third-order valence-electron chi connectivity index (χ3n) is 3.21. The lowest BCUT2D eigenvalue weighted by Gasteiger charge is -2.06. The first kappa shape index (κ1) is 13.3. The molecule has 0 saturated heterocycles. The Balaban J connectivity index is 2.01. The van der Waals surface area contributed by atoms with Crippen molar-refractivity contribution >= 4 is 34.6 Å². The number of hydrogen-bond acceptors (Lipinski definition) is 3. The molecular weight excluding hydrogens is 295 g/mol. The van der Waals surface area contributed by atoms with Gasteiger partial charge >= 0.3 is 0 Å². The highest BCUT2D eigenvalue weighted by Crippen LogP contribution is 2.25. The van der Waals surface area contributed by atoms with Crippen molar-refractivity contribution in [3.05, 3.63) is 45.1 Å². The maximum atomic E-state index is 13.7. The summed E-state index contributed by atoms with van der Waals surface area (Å²) in [5, 5.41) is 2.06. The van der Waals surface area contributed by atoms with E-state index in [4.69, 9.17) is 17.0 Å². The molecule has 2 heterocycles. The number of imidazole rings is 1. The second-order valence-electron chi connectivity index (χ2n) is 4.42. The second-order valence-corrected chi connectivity index (χ2v) is 5.83. The number of methoxy groups -OCH3 is 1. The molecule has 1 aromatic carbocycles. The third-order valence-corrected chi connectivity index (χ3v) is 4.47. The minimum atomic E-state index is -0.387. The number of nitrogens with one attached hydrogen (secondary N) is 1. The van der Waals surface area contributed by atoms with Crippen LogP contribution in [0.25, 0.3) is 11.0 Å². The number of aromatic amines is 1. The first-order valence-electron chi connectivity index (χ1n) is 6.17. The van der Waals surface area contributed by atoms with Crippen molar-refractivity contribution in [3.8, 4) is 5.75 Å². The van der Waals surface area contributed by atoms with Crippen molar-refractivity contribution in [2.24, 2.45) is 0 Å². The van der Waals surface area contributed by atoms with Gasteiger partial charge in [-0.2, -0.15) is 0 Å². The number of ether oxygens (including phenoxy) is 1. The standard InChI is InChI=1S/C14H13FN2OS2/c1-18-13-8-12-11(7-10(13)15)16-14(19)17(12)5-4-9-3-2-6-20-9/h2-3,6-8H,4-5H2,1H3,(H,16,19). The summed E-state index contributed by atoms with van der Waals surface area (Å²) in [7, 11) is 1.46. The molecule has 2 aromatic heterocycles. The summed E-state index contributed by atoms with van der Waals surface area (Å²) in [5.74, 6) is -0.155. The Morgan fingerprint density at radius 1 is 1.45 bits per heavy atom. The molecule has 0 fully saturated rings. The molecule has 0 aliphatic carbocycles. The van der Waals surface area contributed by atoms with Gasteiger partial charge in [0.1, 0.15) is 0 Å². The van der Waals surface area contributed by atoms with Gasteiger partial charge in [-0.15, -0.1) is 11.3 Å². The zero-order valence-corrected chi connectivity index (χ0v) is 12.5. The van der Waals surface area contributed by atoms with Crippen LogP contribution in [0.4, 0.5) is 4.39 Å². The summed E-state index contributed by atoms with van der Waals surface area (Å²) < 4.78 is 21.3. The lowest BCUT2D eigenvalue weighted by atomic mass is 10.2. The van der Waals surface area contributed by atoms with Crippen LogP contribution in [0.1, 0.15) is 4.88 Å². The number of hydrogen-bond donors (Lipinski definition) is 1. The smallest absolute Gasteiger partial charge is 0.178 e. The van der Waals surface area contributed by atoms with E-state index < -0.39 is 0 Å². The normalized spacial score (nSPS) is 11.1. The number of thiophene rings is 1. The molecule has 3 rings (SSSR count). The van der Waals surface area contributed by atoms with E-state index in [0.717, 1.165) is 18.5 Å². The van der Waals surface area contributed by atoms with Gasteiger partial charge < -0.3 is 14.3 Å². The van der Waals surface area contributed by atoms with E-state index >= 15 is 0 Å². The first-order valence-corrected chi connectivity index (χ1v) is 7.46. The summed E-state index contributed by atoms with van der Waals surface area (Å²) in [4.78, 5) is 4.34. The molecule has 0 radical (unpaired) electrons. The number of fused-ring (bicyclic) bond motifs is 1. The van der Waals surface area contributed by atoms with E-state index in [1.165, 1.54) is 18.1 Å². The van der Waals surface area contributed by atoms with Gasteiger partial charge in [-0.1, -0.05) is 6.07 Å². The zero-order valence-electron chi connectivity index (χ0n) is 10.9. The summed E-state index contributed by atoms with van der Waals surface area (Å²) in [6.45, 7) is 0.758. The Hall–Kier alpha value is -1.66. The quantitative estimate of drug-likeness (QED) is 0.734. The molecule has 3 nitrogen and oxygen atoms in total. The van der Waals surface area contributed by atoms with Crippen molar-refractivity contribution in [2.75, 3.05) is 7.11 Å². The summed E-state index contributed by atoms with van der Waals surface area (Å²) in [5.41, 5.74) is 1.56. The van der Waals surface area contributed by atoms with Crippen LogP contribution >= 0.6 is 23.6 Å². The minimum Gasteiger partial charge on any atom is -0.494 e. The maximum absolute atomic E-state index is 13.7. The predicted octanol–water partition coefficient (Wildman–Crippen LogP) is 4.15. The fraction of sp³-hybridized carbons (Fsp3) is 0.214. The maximum Gasteiger partial charge on any atom is 0.178 e. The van der Waals surface area contributed by atoms with Crippen LogP contribution in [-0.4, -0.2) is 16.7 Å². The molecule has 3 aromatic rings. The van der Waals surface area contributed by atoms with Crippen molar-refractivity contribution in [2.45, 2.75) is 13.0 Å². The summed E-state index contributed by atoms with van der Waals surface area (Å²) >= 11 is 7.04. The zero-order chi connectivity index (χ0) is 14.1. The van der Waals surface area contributed by atoms with Crippen molar-refractivity contribution in [1.82, 2.24) is 9.55 Å². The van der Waals surface area contributed by atoms with Gasteiger partial charge in [0.25, 0.3) is 0 Å². The van der Waals surface area contributed by atoms with Crippen LogP contribution < -0.4 is 4.74 Å². The van der Waals surface area contributed by atoms with Gasteiger partial charge in [0, 0.05) is 23.6 Å².